The zero-order chi connectivity index (χ0) is 18.1. The highest BCUT2D eigenvalue weighted by molar-refractivity contribution is 6.31. The minimum atomic E-state index is -0.320. The van der Waals surface area contributed by atoms with Gasteiger partial charge in [0.15, 0.2) is 0 Å². The number of aromatic amines is 1. The Balaban J connectivity index is 1.64. The second-order valence-corrected chi connectivity index (χ2v) is 6.64. The fourth-order valence-electron chi connectivity index (χ4n) is 3.18. The molecule has 1 N–H and O–H groups in total. The molecule has 1 aromatic carbocycles. The summed E-state index contributed by atoms with van der Waals surface area (Å²) in [5, 5.41) is 0.409. The van der Waals surface area contributed by atoms with Gasteiger partial charge in [-0.25, -0.2) is 9.37 Å². The molecule has 0 unspecified atom stereocenters. The van der Waals surface area contributed by atoms with Gasteiger partial charge in [0.05, 0.1) is 5.69 Å². The minimum absolute atomic E-state index is 0.120. The van der Waals surface area contributed by atoms with E-state index in [-0.39, 0.29) is 11.4 Å². The maximum Gasteiger partial charge on any atom is 0.254 e. The van der Waals surface area contributed by atoms with E-state index >= 15 is 0 Å². The number of aromatic nitrogens is 3. The number of H-pyrrole nitrogens is 1. The standard InChI is InChI=1S/C19H16ClFN4O/c20-15-2-1-3-16(21)14(15)10-25-9-6-13-17(11-25)23-18(24-19(13)26)12-4-7-22-8-5-12/h1-5,7-8H,6,9-11H2,(H,23,24,26). The number of pyridine rings is 1. The van der Waals surface area contributed by atoms with Crippen LogP contribution in [0.2, 0.25) is 5.02 Å². The van der Waals surface area contributed by atoms with E-state index in [0.29, 0.717) is 48.0 Å². The van der Waals surface area contributed by atoms with Crippen LogP contribution < -0.4 is 5.56 Å². The minimum Gasteiger partial charge on any atom is -0.306 e. The van der Waals surface area contributed by atoms with Crippen LogP contribution in [0.3, 0.4) is 0 Å². The van der Waals surface area contributed by atoms with Gasteiger partial charge in [0.1, 0.15) is 11.6 Å². The van der Waals surface area contributed by atoms with Crippen molar-refractivity contribution in [2.75, 3.05) is 6.54 Å². The lowest BCUT2D eigenvalue weighted by atomic mass is 10.0. The Morgan fingerprint density at radius 1 is 1.23 bits per heavy atom. The van der Waals surface area contributed by atoms with Gasteiger partial charge < -0.3 is 4.98 Å². The Morgan fingerprint density at radius 2 is 2.04 bits per heavy atom. The molecule has 7 heteroatoms. The molecule has 1 aliphatic rings. The molecule has 0 spiro atoms. The Hall–Kier alpha value is -2.57. The summed E-state index contributed by atoms with van der Waals surface area (Å²) in [4.78, 5) is 25.9. The van der Waals surface area contributed by atoms with Crippen molar-refractivity contribution >= 4 is 11.6 Å². The second kappa shape index (κ2) is 6.97. The number of fused-ring (bicyclic) bond motifs is 1. The molecule has 0 aliphatic carbocycles. The van der Waals surface area contributed by atoms with Gasteiger partial charge in [-0.2, -0.15) is 0 Å². The number of nitrogens with zero attached hydrogens (tertiary/aromatic N) is 3. The fraction of sp³-hybridized carbons (Fsp3) is 0.211. The third kappa shape index (κ3) is 3.25. The molecular formula is C19H16ClFN4O. The molecular weight excluding hydrogens is 355 g/mol. The smallest absolute Gasteiger partial charge is 0.254 e. The van der Waals surface area contributed by atoms with Gasteiger partial charge in [0.25, 0.3) is 5.56 Å². The number of halogens is 2. The van der Waals surface area contributed by atoms with Gasteiger partial charge >= 0.3 is 0 Å². The molecule has 0 amide bonds. The third-order valence-electron chi connectivity index (χ3n) is 4.55. The average molecular weight is 371 g/mol. The van der Waals surface area contributed by atoms with Crippen LogP contribution in [0.5, 0.6) is 0 Å². The van der Waals surface area contributed by atoms with Gasteiger partial charge in [0, 0.05) is 53.7 Å². The van der Waals surface area contributed by atoms with E-state index in [1.807, 2.05) is 0 Å². The summed E-state index contributed by atoms with van der Waals surface area (Å²) in [5.41, 5.74) is 2.56. The lowest BCUT2D eigenvalue weighted by molar-refractivity contribution is 0.237. The molecule has 0 saturated carbocycles. The van der Waals surface area contributed by atoms with Crippen LogP contribution in [0.25, 0.3) is 11.4 Å². The Morgan fingerprint density at radius 3 is 2.81 bits per heavy atom. The molecule has 0 radical (unpaired) electrons. The summed E-state index contributed by atoms with van der Waals surface area (Å²) in [6.45, 7) is 1.50. The topological polar surface area (TPSA) is 61.9 Å². The first-order valence-electron chi connectivity index (χ1n) is 8.29. The Kier molecular flexibility index (Phi) is 4.53. The van der Waals surface area contributed by atoms with Crippen molar-refractivity contribution in [1.82, 2.24) is 19.9 Å². The highest BCUT2D eigenvalue weighted by Crippen LogP contribution is 2.24. The fourth-order valence-corrected chi connectivity index (χ4v) is 3.41. The maximum absolute atomic E-state index is 14.1. The van der Waals surface area contributed by atoms with Crippen molar-refractivity contribution in [2.45, 2.75) is 19.5 Å². The molecule has 4 rings (SSSR count). The number of rotatable bonds is 3. The summed E-state index contributed by atoms with van der Waals surface area (Å²) in [7, 11) is 0. The molecule has 0 bridgehead atoms. The predicted molar refractivity (Wildman–Crippen MR) is 97.3 cm³/mol. The van der Waals surface area contributed by atoms with Crippen molar-refractivity contribution in [2.24, 2.45) is 0 Å². The first kappa shape index (κ1) is 16.9. The lowest BCUT2D eigenvalue weighted by Gasteiger charge is -2.28. The molecule has 0 saturated heterocycles. The van der Waals surface area contributed by atoms with Crippen LogP contribution in [-0.2, 0) is 19.5 Å². The molecule has 5 nitrogen and oxygen atoms in total. The number of benzene rings is 1. The highest BCUT2D eigenvalue weighted by atomic mass is 35.5. The van der Waals surface area contributed by atoms with Crippen molar-refractivity contribution in [3.05, 3.63) is 80.7 Å². The van der Waals surface area contributed by atoms with Gasteiger partial charge in [-0.3, -0.25) is 14.7 Å². The monoisotopic (exact) mass is 370 g/mol. The van der Waals surface area contributed by atoms with Crippen molar-refractivity contribution < 1.29 is 4.39 Å². The molecule has 0 fully saturated rings. The summed E-state index contributed by atoms with van der Waals surface area (Å²) in [6, 6.07) is 8.27. The first-order valence-corrected chi connectivity index (χ1v) is 8.67. The normalized spacial score (nSPS) is 14.2. The number of nitrogens with one attached hydrogen (secondary N) is 1. The quantitative estimate of drug-likeness (QED) is 0.769. The van der Waals surface area contributed by atoms with Crippen LogP contribution in [0.4, 0.5) is 4.39 Å². The average Bonchev–Trinajstić information content (AvgIpc) is 2.65. The molecule has 1 aliphatic heterocycles. The highest BCUT2D eigenvalue weighted by Gasteiger charge is 2.23. The second-order valence-electron chi connectivity index (χ2n) is 6.24. The molecule has 132 valence electrons. The Labute approximate surface area is 154 Å². The van der Waals surface area contributed by atoms with E-state index in [4.69, 9.17) is 11.6 Å². The van der Waals surface area contributed by atoms with Crippen LogP contribution in [0.15, 0.2) is 47.5 Å². The summed E-state index contributed by atoms with van der Waals surface area (Å²) < 4.78 is 14.1. The molecule has 3 heterocycles. The molecule has 2 aromatic heterocycles. The van der Waals surface area contributed by atoms with Gasteiger partial charge in [-0.15, -0.1) is 0 Å². The zero-order valence-corrected chi connectivity index (χ0v) is 14.6. The van der Waals surface area contributed by atoms with E-state index in [9.17, 15) is 9.18 Å². The van der Waals surface area contributed by atoms with E-state index < -0.39 is 0 Å². The summed E-state index contributed by atoms with van der Waals surface area (Å²) in [5.74, 6) is 0.196. The molecule has 0 atom stereocenters. The van der Waals surface area contributed by atoms with Crippen molar-refractivity contribution in [3.8, 4) is 11.4 Å². The van der Waals surface area contributed by atoms with E-state index in [2.05, 4.69) is 19.9 Å². The van der Waals surface area contributed by atoms with Crippen molar-refractivity contribution in [3.63, 3.8) is 0 Å². The largest absolute Gasteiger partial charge is 0.306 e. The first-order chi connectivity index (χ1) is 12.6. The van der Waals surface area contributed by atoms with Crippen molar-refractivity contribution in [1.29, 1.82) is 0 Å². The van der Waals surface area contributed by atoms with Gasteiger partial charge in [-0.1, -0.05) is 17.7 Å². The van der Waals surface area contributed by atoms with Gasteiger partial charge in [-0.05, 0) is 30.7 Å². The van der Waals surface area contributed by atoms with Gasteiger partial charge in [0.2, 0.25) is 0 Å². The Bertz CT molecular complexity index is 986. The van der Waals surface area contributed by atoms with Crippen LogP contribution in [-0.4, -0.2) is 26.4 Å². The van der Waals surface area contributed by atoms with E-state index in [1.165, 1.54) is 6.07 Å². The zero-order valence-electron chi connectivity index (χ0n) is 13.9. The SMILES string of the molecule is O=c1[nH]c(-c2ccncc2)nc2c1CCN(Cc1c(F)cccc1Cl)C2. The van der Waals surface area contributed by atoms with Crippen LogP contribution >= 0.6 is 11.6 Å². The van der Waals surface area contributed by atoms with E-state index in [1.54, 1.807) is 36.7 Å². The number of hydrogen-bond acceptors (Lipinski definition) is 4. The molecule has 3 aromatic rings. The lowest BCUT2D eigenvalue weighted by Crippen LogP contribution is -2.35. The van der Waals surface area contributed by atoms with E-state index in [0.717, 1.165) is 11.3 Å². The third-order valence-corrected chi connectivity index (χ3v) is 4.90. The van der Waals surface area contributed by atoms with Crippen LogP contribution in [0, 0.1) is 5.82 Å². The number of hydrogen-bond donors (Lipinski definition) is 1. The molecule has 26 heavy (non-hydrogen) atoms. The maximum atomic E-state index is 14.1. The predicted octanol–water partition coefficient (Wildman–Crippen LogP) is 3.18. The van der Waals surface area contributed by atoms with Crippen LogP contribution in [0.1, 0.15) is 16.8 Å². The summed E-state index contributed by atoms with van der Waals surface area (Å²) >= 11 is 6.14. The summed E-state index contributed by atoms with van der Waals surface area (Å²) in [6.07, 6.45) is 3.88.